The zero-order valence-corrected chi connectivity index (χ0v) is 17.4. The van der Waals surface area contributed by atoms with Gasteiger partial charge in [0, 0.05) is 37.8 Å². The summed E-state index contributed by atoms with van der Waals surface area (Å²) >= 11 is 0. The minimum absolute atomic E-state index is 0.0978. The second-order valence-corrected chi connectivity index (χ2v) is 10.2. The molecule has 0 bridgehead atoms. The molecule has 2 aromatic heterocycles. The predicted molar refractivity (Wildman–Crippen MR) is 109 cm³/mol. The third-order valence-corrected chi connectivity index (χ3v) is 8.16. The maximum absolute atomic E-state index is 13.6. The molecule has 1 saturated heterocycles. The van der Waals surface area contributed by atoms with Gasteiger partial charge in [0.15, 0.2) is 5.65 Å². The molecule has 2 atom stereocenters. The molecule has 3 heterocycles. The quantitative estimate of drug-likeness (QED) is 0.808. The van der Waals surface area contributed by atoms with E-state index in [0.29, 0.717) is 35.1 Å². The van der Waals surface area contributed by atoms with Gasteiger partial charge >= 0.3 is 0 Å². The minimum Gasteiger partial charge on any atom is -0.342 e. The van der Waals surface area contributed by atoms with Crippen molar-refractivity contribution in [3.8, 4) is 0 Å². The number of hydrogen-bond donors (Lipinski definition) is 1. The summed E-state index contributed by atoms with van der Waals surface area (Å²) in [6.07, 6.45) is 6.94. The van der Waals surface area contributed by atoms with Gasteiger partial charge in [-0.3, -0.25) is 9.59 Å². The summed E-state index contributed by atoms with van der Waals surface area (Å²) in [6, 6.07) is -0.183. The van der Waals surface area contributed by atoms with Crippen molar-refractivity contribution in [2.45, 2.75) is 75.7 Å². The molecule has 1 N–H and O–H groups in total. The third kappa shape index (κ3) is 3.19. The van der Waals surface area contributed by atoms with Gasteiger partial charge in [0.05, 0.1) is 12.2 Å². The molecule has 31 heavy (non-hydrogen) atoms. The topological polar surface area (TPSA) is 83.9 Å². The van der Waals surface area contributed by atoms with Gasteiger partial charge in [0.1, 0.15) is 11.2 Å². The van der Waals surface area contributed by atoms with E-state index in [2.05, 4.69) is 10.1 Å². The number of H-pyrrole nitrogens is 1. The van der Waals surface area contributed by atoms with E-state index in [1.54, 1.807) is 4.68 Å². The lowest BCUT2D eigenvalue weighted by Crippen LogP contribution is -2.42. The number of hydrogen-bond acceptors (Lipinski definition) is 4. The molecule has 9 heteroatoms. The number of nitrogens with one attached hydrogen (secondary N) is 1. The van der Waals surface area contributed by atoms with Crippen molar-refractivity contribution in [2.75, 3.05) is 13.1 Å². The molecule has 3 saturated carbocycles. The molecule has 2 aromatic rings. The number of halogens is 2. The van der Waals surface area contributed by atoms with Crippen LogP contribution in [0.2, 0.25) is 0 Å². The van der Waals surface area contributed by atoms with Crippen LogP contribution < -0.4 is 5.56 Å². The number of fused-ring (bicyclic) bond motifs is 1. The van der Waals surface area contributed by atoms with E-state index >= 15 is 0 Å². The Morgan fingerprint density at radius 1 is 1.10 bits per heavy atom. The van der Waals surface area contributed by atoms with E-state index in [4.69, 9.17) is 4.98 Å². The minimum atomic E-state index is -2.62. The van der Waals surface area contributed by atoms with Crippen molar-refractivity contribution in [3.05, 3.63) is 22.4 Å². The van der Waals surface area contributed by atoms with Crippen molar-refractivity contribution in [1.29, 1.82) is 0 Å². The first-order valence-corrected chi connectivity index (χ1v) is 11.5. The summed E-state index contributed by atoms with van der Waals surface area (Å²) in [5, 5.41) is 4.70. The molecule has 166 valence electrons. The summed E-state index contributed by atoms with van der Waals surface area (Å²) in [4.78, 5) is 35.4. The predicted octanol–water partition coefficient (Wildman–Crippen LogP) is 3.38. The summed E-state index contributed by atoms with van der Waals surface area (Å²) in [6.45, 7) is 1.71. The highest BCUT2D eigenvalue weighted by atomic mass is 19.3. The Hall–Kier alpha value is -2.32. The van der Waals surface area contributed by atoms with E-state index < -0.39 is 5.92 Å². The maximum atomic E-state index is 13.6. The fourth-order valence-electron chi connectivity index (χ4n) is 5.73. The number of amides is 1. The van der Waals surface area contributed by atoms with Crippen LogP contribution in [0.4, 0.5) is 8.78 Å². The van der Waals surface area contributed by atoms with Gasteiger partial charge in [0.2, 0.25) is 11.8 Å². The van der Waals surface area contributed by atoms with Gasteiger partial charge in [-0.2, -0.15) is 5.10 Å². The number of aromatic amines is 1. The highest BCUT2D eigenvalue weighted by Gasteiger charge is 2.51. The number of nitrogens with zero attached hydrogens (tertiary/aromatic N) is 4. The molecule has 3 aliphatic carbocycles. The molecule has 0 unspecified atom stereocenters. The average molecular weight is 431 g/mol. The lowest BCUT2D eigenvalue weighted by Gasteiger charge is -2.37. The first kappa shape index (κ1) is 19.4. The largest absolute Gasteiger partial charge is 0.342 e. The summed E-state index contributed by atoms with van der Waals surface area (Å²) in [5.41, 5.74) is 0.567. The Labute approximate surface area is 178 Å². The van der Waals surface area contributed by atoms with Crippen LogP contribution in [0.3, 0.4) is 0 Å². The monoisotopic (exact) mass is 431 g/mol. The number of alkyl halides is 2. The van der Waals surface area contributed by atoms with E-state index in [9.17, 15) is 18.4 Å². The maximum Gasteiger partial charge on any atom is 0.262 e. The second-order valence-electron chi connectivity index (χ2n) is 10.2. The summed E-state index contributed by atoms with van der Waals surface area (Å²) in [5.74, 6) is -2.14. The molecule has 0 aromatic carbocycles. The van der Waals surface area contributed by atoms with Crippen molar-refractivity contribution in [2.24, 2.45) is 11.3 Å². The van der Waals surface area contributed by atoms with Gasteiger partial charge in [0.25, 0.3) is 5.56 Å². The molecule has 0 radical (unpaired) electrons. The Balaban J connectivity index is 1.26. The zero-order valence-electron chi connectivity index (χ0n) is 17.4. The Kier molecular flexibility index (Phi) is 4.12. The lowest BCUT2D eigenvalue weighted by atomic mass is 9.72. The van der Waals surface area contributed by atoms with Crippen LogP contribution in [0.1, 0.15) is 75.6 Å². The molecular weight excluding hydrogens is 404 g/mol. The molecule has 1 aliphatic heterocycles. The normalized spacial score (nSPS) is 29.4. The van der Waals surface area contributed by atoms with Gasteiger partial charge < -0.3 is 9.88 Å². The van der Waals surface area contributed by atoms with Crippen molar-refractivity contribution in [1.82, 2.24) is 24.6 Å². The molecule has 1 amide bonds. The number of carbonyl (C=O) groups excluding carboxylic acids is 1. The Bertz CT molecular complexity index is 1100. The summed E-state index contributed by atoms with van der Waals surface area (Å²) < 4.78 is 28.8. The Morgan fingerprint density at radius 3 is 2.52 bits per heavy atom. The van der Waals surface area contributed by atoms with Crippen LogP contribution in [-0.4, -0.2) is 49.6 Å². The van der Waals surface area contributed by atoms with Crippen molar-refractivity contribution in [3.63, 3.8) is 0 Å². The van der Waals surface area contributed by atoms with Crippen LogP contribution in [-0.2, 0) is 4.79 Å². The highest BCUT2D eigenvalue weighted by molar-refractivity contribution is 5.81. The molecule has 4 fully saturated rings. The van der Waals surface area contributed by atoms with Crippen LogP contribution in [0.5, 0.6) is 0 Å². The molecule has 4 aliphatic rings. The second kappa shape index (κ2) is 6.59. The SMILES string of the molecule is O=C([C@H]1CC[C@@H]1c1nc2c(cnn2C2CCC(F)(F)CC2)c(=O)[nH]1)N1CCC2(CC2)C1. The Morgan fingerprint density at radius 2 is 1.87 bits per heavy atom. The average Bonchev–Trinajstić information content (AvgIpc) is 3.11. The van der Waals surface area contributed by atoms with Crippen molar-refractivity contribution < 1.29 is 13.6 Å². The first-order valence-electron chi connectivity index (χ1n) is 11.5. The smallest absolute Gasteiger partial charge is 0.262 e. The summed E-state index contributed by atoms with van der Waals surface area (Å²) in [7, 11) is 0. The molecule has 6 rings (SSSR count). The van der Waals surface area contributed by atoms with E-state index in [1.165, 1.54) is 19.0 Å². The van der Waals surface area contributed by atoms with Crippen LogP contribution in [0, 0.1) is 11.3 Å². The van der Waals surface area contributed by atoms with Crippen LogP contribution >= 0.6 is 0 Å². The van der Waals surface area contributed by atoms with E-state index in [-0.39, 0.29) is 42.2 Å². The van der Waals surface area contributed by atoms with Crippen LogP contribution in [0.15, 0.2) is 11.0 Å². The molecule has 7 nitrogen and oxygen atoms in total. The van der Waals surface area contributed by atoms with E-state index in [0.717, 1.165) is 32.4 Å². The fourth-order valence-corrected chi connectivity index (χ4v) is 5.73. The number of rotatable bonds is 3. The zero-order chi connectivity index (χ0) is 21.4. The molecule has 1 spiro atoms. The van der Waals surface area contributed by atoms with Gasteiger partial charge in [-0.05, 0) is 50.4 Å². The van der Waals surface area contributed by atoms with Gasteiger partial charge in [-0.1, -0.05) is 0 Å². The van der Waals surface area contributed by atoms with Crippen LogP contribution in [0.25, 0.3) is 11.0 Å². The van der Waals surface area contributed by atoms with Gasteiger partial charge in [-0.25, -0.2) is 18.4 Å². The van der Waals surface area contributed by atoms with Crippen molar-refractivity contribution >= 4 is 16.9 Å². The fraction of sp³-hybridized carbons (Fsp3) is 0.727. The highest BCUT2D eigenvalue weighted by Crippen LogP contribution is 2.53. The number of aromatic nitrogens is 4. The molecular formula is C22H27F2N5O2. The van der Waals surface area contributed by atoms with Gasteiger partial charge in [-0.15, -0.1) is 0 Å². The van der Waals surface area contributed by atoms with E-state index in [1.807, 2.05) is 4.90 Å². The standard InChI is InChI=1S/C22H27F2N5O2/c23-22(24)5-3-13(4-6-22)29-18-16(11-25-29)19(30)27-17(26-18)14-1-2-15(14)20(31)28-10-9-21(12-28)7-8-21/h11,13-15H,1-10,12H2,(H,26,27,30)/t14-,15-/m0/s1. The first-order chi connectivity index (χ1) is 14.8. The third-order valence-electron chi connectivity index (χ3n) is 8.16. The number of likely N-dealkylation sites (tertiary alicyclic amines) is 1. The number of carbonyl (C=O) groups is 1. The lowest BCUT2D eigenvalue weighted by molar-refractivity contribution is -0.138.